The predicted molar refractivity (Wildman–Crippen MR) is 70.7 cm³/mol. The zero-order chi connectivity index (χ0) is 11.3. The van der Waals surface area contributed by atoms with E-state index in [9.17, 15) is 0 Å². The maximum absolute atomic E-state index is 4.54. The molecule has 0 bridgehead atoms. The fourth-order valence-electron chi connectivity index (χ4n) is 1.43. The van der Waals surface area contributed by atoms with E-state index in [0.717, 1.165) is 23.5 Å². The minimum absolute atomic E-state index is 0.381. The fraction of sp³-hybridized carbons (Fsp3) is 0.917. The molecule has 1 unspecified atom stereocenters. The van der Waals surface area contributed by atoms with Crippen molar-refractivity contribution in [3.05, 3.63) is 0 Å². The average Bonchev–Trinajstić information content (AvgIpc) is 2.64. The summed E-state index contributed by atoms with van der Waals surface area (Å²) in [7, 11) is 0. The van der Waals surface area contributed by atoms with Crippen molar-refractivity contribution in [1.29, 1.82) is 0 Å². The van der Waals surface area contributed by atoms with E-state index in [4.69, 9.17) is 0 Å². The van der Waals surface area contributed by atoms with E-state index < -0.39 is 0 Å². The minimum Gasteiger partial charge on any atom is -0.364 e. The van der Waals surface area contributed by atoms with Crippen LogP contribution in [0.5, 0.6) is 0 Å². The second kappa shape index (κ2) is 5.78. The molecule has 1 heterocycles. The van der Waals surface area contributed by atoms with Crippen LogP contribution in [0.2, 0.25) is 0 Å². The van der Waals surface area contributed by atoms with Crippen LogP contribution in [-0.2, 0) is 0 Å². The molecule has 0 saturated carbocycles. The average molecular weight is 228 g/mol. The lowest BCUT2D eigenvalue weighted by molar-refractivity contribution is 0.350. The van der Waals surface area contributed by atoms with Gasteiger partial charge in [-0.05, 0) is 18.3 Å². The monoisotopic (exact) mass is 228 g/mol. The standard InChI is InChI=1S/C12H24N2S/c1-5-7-10-8-13-11(15-10)14-9-12(3,4)6-2/h10H,5-9H2,1-4H3,(H,13,14). The first-order valence-corrected chi connectivity index (χ1v) is 6.90. The minimum atomic E-state index is 0.381. The van der Waals surface area contributed by atoms with Gasteiger partial charge in [0.05, 0.1) is 6.54 Å². The molecule has 1 rings (SSSR count). The van der Waals surface area contributed by atoms with Gasteiger partial charge in [0.1, 0.15) is 0 Å². The van der Waals surface area contributed by atoms with Gasteiger partial charge in [-0.25, -0.2) is 0 Å². The molecule has 0 fully saturated rings. The first-order valence-electron chi connectivity index (χ1n) is 6.02. The molecule has 15 heavy (non-hydrogen) atoms. The molecule has 2 nitrogen and oxygen atoms in total. The lowest BCUT2D eigenvalue weighted by atomic mass is 9.90. The highest BCUT2D eigenvalue weighted by atomic mass is 32.2. The number of rotatable bonds is 5. The van der Waals surface area contributed by atoms with Crippen LogP contribution in [0.4, 0.5) is 0 Å². The highest BCUT2D eigenvalue weighted by Crippen LogP contribution is 2.25. The zero-order valence-electron chi connectivity index (χ0n) is 10.5. The Morgan fingerprint density at radius 1 is 1.47 bits per heavy atom. The van der Waals surface area contributed by atoms with Crippen molar-refractivity contribution in [2.24, 2.45) is 10.4 Å². The number of hydrogen-bond donors (Lipinski definition) is 1. The lowest BCUT2D eigenvalue weighted by Gasteiger charge is -2.23. The molecule has 3 heteroatoms. The van der Waals surface area contributed by atoms with E-state index in [0.29, 0.717) is 5.41 Å². The molecule has 1 aliphatic heterocycles. The van der Waals surface area contributed by atoms with Gasteiger partial charge in [-0.15, -0.1) is 0 Å². The Hall–Kier alpha value is -0.180. The predicted octanol–water partition coefficient (Wildman–Crippen LogP) is 3.28. The second-order valence-electron chi connectivity index (χ2n) is 5.05. The fourth-order valence-corrected chi connectivity index (χ4v) is 2.55. The molecule has 0 aromatic carbocycles. The van der Waals surface area contributed by atoms with Gasteiger partial charge in [-0.3, -0.25) is 4.99 Å². The van der Waals surface area contributed by atoms with E-state index in [2.05, 4.69) is 38.0 Å². The quantitative estimate of drug-likeness (QED) is 0.781. The van der Waals surface area contributed by atoms with Gasteiger partial charge in [0.15, 0.2) is 5.17 Å². The number of aliphatic imine (C=N–C) groups is 1. The molecule has 88 valence electrons. The molecule has 0 spiro atoms. The van der Waals surface area contributed by atoms with Gasteiger partial charge in [0.25, 0.3) is 0 Å². The lowest BCUT2D eigenvalue weighted by Crippen LogP contribution is -2.31. The Kier molecular flexibility index (Phi) is 4.97. The van der Waals surface area contributed by atoms with Crippen LogP contribution >= 0.6 is 11.8 Å². The molecule has 0 aromatic heterocycles. The van der Waals surface area contributed by atoms with Crippen molar-refractivity contribution in [3.63, 3.8) is 0 Å². The largest absolute Gasteiger partial charge is 0.364 e. The summed E-state index contributed by atoms with van der Waals surface area (Å²) >= 11 is 1.93. The molecule has 0 saturated heterocycles. The summed E-state index contributed by atoms with van der Waals surface area (Å²) in [5.74, 6) is 0. The third kappa shape index (κ3) is 4.45. The second-order valence-corrected chi connectivity index (χ2v) is 6.33. The van der Waals surface area contributed by atoms with Gasteiger partial charge in [0, 0.05) is 11.8 Å². The number of nitrogens with zero attached hydrogens (tertiary/aromatic N) is 1. The third-order valence-electron chi connectivity index (χ3n) is 3.00. The summed E-state index contributed by atoms with van der Waals surface area (Å²) in [6, 6.07) is 0. The van der Waals surface area contributed by atoms with Gasteiger partial charge in [0.2, 0.25) is 0 Å². The number of amidine groups is 1. The summed E-state index contributed by atoms with van der Waals surface area (Å²) in [6.07, 6.45) is 3.76. The topological polar surface area (TPSA) is 24.4 Å². The van der Waals surface area contributed by atoms with Gasteiger partial charge < -0.3 is 5.32 Å². The number of thioether (sulfide) groups is 1. The molecular weight excluding hydrogens is 204 g/mol. The van der Waals surface area contributed by atoms with Crippen LogP contribution in [0, 0.1) is 5.41 Å². The maximum atomic E-state index is 4.54. The summed E-state index contributed by atoms with van der Waals surface area (Å²) in [4.78, 5) is 4.54. The smallest absolute Gasteiger partial charge is 0.156 e. The highest BCUT2D eigenvalue weighted by Gasteiger charge is 2.21. The molecule has 0 aromatic rings. The highest BCUT2D eigenvalue weighted by molar-refractivity contribution is 8.14. The normalized spacial score (nSPS) is 21.6. The first kappa shape index (κ1) is 12.9. The van der Waals surface area contributed by atoms with Crippen molar-refractivity contribution in [1.82, 2.24) is 5.32 Å². The van der Waals surface area contributed by atoms with Gasteiger partial charge in [-0.1, -0.05) is 45.9 Å². The molecule has 0 radical (unpaired) electrons. The maximum Gasteiger partial charge on any atom is 0.156 e. The Balaban J connectivity index is 2.24. The van der Waals surface area contributed by atoms with Crippen molar-refractivity contribution in [2.45, 2.75) is 52.2 Å². The first-order chi connectivity index (χ1) is 7.07. The van der Waals surface area contributed by atoms with Crippen LogP contribution in [-0.4, -0.2) is 23.5 Å². The Morgan fingerprint density at radius 3 is 2.80 bits per heavy atom. The van der Waals surface area contributed by atoms with E-state index in [1.165, 1.54) is 19.3 Å². The summed E-state index contributed by atoms with van der Waals surface area (Å²) in [5.41, 5.74) is 0.381. The zero-order valence-corrected chi connectivity index (χ0v) is 11.3. The Labute approximate surface area is 98.3 Å². The molecule has 1 aliphatic rings. The van der Waals surface area contributed by atoms with E-state index >= 15 is 0 Å². The van der Waals surface area contributed by atoms with Gasteiger partial charge in [-0.2, -0.15) is 0 Å². The molecule has 0 aliphatic carbocycles. The van der Waals surface area contributed by atoms with E-state index in [1.54, 1.807) is 0 Å². The van der Waals surface area contributed by atoms with Crippen molar-refractivity contribution >= 4 is 16.9 Å². The molecule has 1 atom stereocenters. The number of nitrogens with one attached hydrogen (secondary N) is 1. The van der Waals surface area contributed by atoms with Crippen molar-refractivity contribution < 1.29 is 0 Å². The summed E-state index contributed by atoms with van der Waals surface area (Å²) in [6.45, 7) is 11.1. The van der Waals surface area contributed by atoms with Crippen LogP contribution in [0.25, 0.3) is 0 Å². The molecular formula is C12H24N2S. The van der Waals surface area contributed by atoms with Crippen LogP contribution in [0.15, 0.2) is 4.99 Å². The SMILES string of the molecule is CCCC1CN=C(NCC(C)(C)CC)S1. The number of hydrogen-bond acceptors (Lipinski definition) is 3. The van der Waals surface area contributed by atoms with Gasteiger partial charge >= 0.3 is 0 Å². The van der Waals surface area contributed by atoms with E-state index in [1.807, 2.05) is 11.8 Å². The van der Waals surface area contributed by atoms with Crippen molar-refractivity contribution in [2.75, 3.05) is 13.1 Å². The van der Waals surface area contributed by atoms with Crippen molar-refractivity contribution in [3.8, 4) is 0 Å². The summed E-state index contributed by atoms with van der Waals surface area (Å²) < 4.78 is 0. The van der Waals surface area contributed by atoms with Crippen LogP contribution in [0.1, 0.15) is 47.0 Å². The molecule has 1 N–H and O–H groups in total. The van der Waals surface area contributed by atoms with E-state index in [-0.39, 0.29) is 0 Å². The van der Waals surface area contributed by atoms with Crippen LogP contribution in [0.3, 0.4) is 0 Å². The third-order valence-corrected chi connectivity index (χ3v) is 4.22. The molecule has 0 amide bonds. The summed E-state index contributed by atoms with van der Waals surface area (Å²) in [5, 5.41) is 5.36. The Morgan fingerprint density at radius 2 is 2.20 bits per heavy atom. The Bertz CT molecular complexity index is 224. The van der Waals surface area contributed by atoms with Crippen LogP contribution < -0.4 is 5.32 Å².